The summed E-state index contributed by atoms with van der Waals surface area (Å²) in [6.45, 7) is 1.43. The van der Waals surface area contributed by atoms with Crippen molar-refractivity contribution in [2.45, 2.75) is 17.9 Å². The van der Waals surface area contributed by atoms with Crippen molar-refractivity contribution in [2.24, 2.45) is 0 Å². The Hall–Kier alpha value is -1.92. The van der Waals surface area contributed by atoms with Crippen LogP contribution < -0.4 is 4.74 Å². The Morgan fingerprint density at radius 2 is 1.86 bits per heavy atom. The van der Waals surface area contributed by atoms with Crippen molar-refractivity contribution in [3.63, 3.8) is 0 Å². The smallest absolute Gasteiger partial charge is 0.175 e. The van der Waals surface area contributed by atoms with Crippen LogP contribution in [0.4, 0.5) is 4.39 Å². The van der Waals surface area contributed by atoms with Gasteiger partial charge in [0, 0.05) is 6.26 Å². The number of benzene rings is 2. The Balaban J connectivity index is 2.42. The topological polar surface area (TPSA) is 63.6 Å². The number of hydrogen-bond acceptors (Lipinski definition) is 4. The van der Waals surface area contributed by atoms with E-state index in [0.717, 1.165) is 6.26 Å². The molecule has 0 fully saturated rings. The van der Waals surface area contributed by atoms with Crippen LogP contribution in [0.2, 0.25) is 0 Å². The Bertz CT molecular complexity index is 754. The quantitative estimate of drug-likeness (QED) is 0.942. The van der Waals surface area contributed by atoms with Crippen LogP contribution in [-0.4, -0.2) is 19.8 Å². The van der Waals surface area contributed by atoms with Crippen LogP contribution in [0.15, 0.2) is 47.4 Å². The summed E-state index contributed by atoms with van der Waals surface area (Å²) in [5.41, 5.74) is 0.0299. The zero-order chi connectivity index (χ0) is 15.6. The van der Waals surface area contributed by atoms with Gasteiger partial charge in [0.1, 0.15) is 17.3 Å². The summed E-state index contributed by atoms with van der Waals surface area (Å²) in [5.74, 6) is -0.178. The highest BCUT2D eigenvalue weighted by molar-refractivity contribution is 7.90. The highest BCUT2D eigenvalue weighted by Crippen LogP contribution is 2.32. The predicted octanol–water partition coefficient (Wildman–Crippen LogP) is 3.07. The Kier molecular flexibility index (Phi) is 4.29. The number of aliphatic hydroxyl groups is 1. The van der Waals surface area contributed by atoms with Crippen molar-refractivity contribution in [2.75, 3.05) is 6.26 Å². The van der Waals surface area contributed by atoms with Gasteiger partial charge in [0.05, 0.1) is 16.6 Å². The monoisotopic (exact) mass is 310 g/mol. The zero-order valence-corrected chi connectivity index (χ0v) is 12.4. The van der Waals surface area contributed by atoms with E-state index >= 15 is 0 Å². The minimum atomic E-state index is -3.36. The Labute approximate surface area is 122 Å². The van der Waals surface area contributed by atoms with Gasteiger partial charge in [0.2, 0.25) is 0 Å². The van der Waals surface area contributed by atoms with E-state index in [-0.39, 0.29) is 22.0 Å². The molecule has 2 aromatic carbocycles. The highest BCUT2D eigenvalue weighted by Gasteiger charge is 2.16. The number of aliphatic hydroxyl groups excluding tert-OH is 1. The molecule has 6 heteroatoms. The third-order valence-electron chi connectivity index (χ3n) is 2.89. The molecular weight excluding hydrogens is 295 g/mol. The SMILES string of the molecule is C[C@@H](O)c1c(F)cccc1Oc1cccc(S(C)(=O)=O)c1. The highest BCUT2D eigenvalue weighted by atomic mass is 32.2. The summed E-state index contributed by atoms with van der Waals surface area (Å²) in [7, 11) is -3.36. The van der Waals surface area contributed by atoms with Crippen LogP contribution in [0.5, 0.6) is 11.5 Å². The molecule has 0 aliphatic carbocycles. The average Bonchev–Trinajstić information content (AvgIpc) is 2.37. The van der Waals surface area contributed by atoms with Gasteiger partial charge < -0.3 is 9.84 Å². The molecular formula is C15H15FO4S. The summed E-state index contributed by atoms with van der Waals surface area (Å²) < 4.78 is 42.3. The van der Waals surface area contributed by atoms with E-state index in [1.54, 1.807) is 6.07 Å². The Morgan fingerprint density at radius 1 is 1.19 bits per heavy atom. The first-order chi connectivity index (χ1) is 9.79. The molecule has 2 aromatic rings. The second-order valence-electron chi connectivity index (χ2n) is 4.68. The lowest BCUT2D eigenvalue weighted by atomic mass is 10.1. The van der Waals surface area contributed by atoms with Gasteiger partial charge in [-0.05, 0) is 37.3 Å². The summed E-state index contributed by atoms with van der Waals surface area (Å²) >= 11 is 0. The van der Waals surface area contributed by atoms with E-state index in [0.29, 0.717) is 0 Å². The molecule has 0 saturated heterocycles. The third kappa shape index (κ3) is 3.59. The molecule has 0 aromatic heterocycles. The fourth-order valence-corrected chi connectivity index (χ4v) is 2.56. The standard InChI is InChI=1S/C15H15FO4S/c1-10(17)15-13(16)7-4-8-14(15)20-11-5-3-6-12(9-11)21(2,18)19/h3-10,17H,1-2H3/t10-/m1/s1. The molecule has 0 saturated carbocycles. The number of ether oxygens (including phenoxy) is 1. The van der Waals surface area contributed by atoms with E-state index in [4.69, 9.17) is 4.74 Å². The summed E-state index contributed by atoms with van der Waals surface area (Å²) in [6.07, 6.45) is 0.0505. The van der Waals surface area contributed by atoms with E-state index < -0.39 is 21.8 Å². The molecule has 0 spiro atoms. The molecule has 0 unspecified atom stereocenters. The van der Waals surface area contributed by atoms with Crippen LogP contribution >= 0.6 is 0 Å². The van der Waals surface area contributed by atoms with Crippen molar-refractivity contribution in [1.82, 2.24) is 0 Å². The second-order valence-corrected chi connectivity index (χ2v) is 6.69. The lowest BCUT2D eigenvalue weighted by Gasteiger charge is -2.14. The first-order valence-electron chi connectivity index (χ1n) is 6.23. The molecule has 21 heavy (non-hydrogen) atoms. The van der Waals surface area contributed by atoms with Gasteiger partial charge >= 0.3 is 0 Å². The van der Waals surface area contributed by atoms with Crippen molar-refractivity contribution >= 4 is 9.84 Å². The maximum atomic E-state index is 13.7. The molecule has 2 rings (SSSR count). The lowest BCUT2D eigenvalue weighted by Crippen LogP contribution is -2.01. The van der Waals surface area contributed by atoms with E-state index in [1.807, 2.05) is 0 Å². The first-order valence-corrected chi connectivity index (χ1v) is 8.12. The normalized spacial score (nSPS) is 13.0. The maximum absolute atomic E-state index is 13.7. The summed E-state index contributed by atoms with van der Waals surface area (Å²) in [5, 5.41) is 9.63. The van der Waals surface area contributed by atoms with Crippen LogP contribution in [0.1, 0.15) is 18.6 Å². The van der Waals surface area contributed by atoms with Gasteiger partial charge in [0.25, 0.3) is 0 Å². The minimum absolute atomic E-state index is 0.0299. The molecule has 0 aliphatic heterocycles. The summed E-state index contributed by atoms with van der Waals surface area (Å²) in [4.78, 5) is 0.106. The molecule has 112 valence electrons. The first kappa shape index (κ1) is 15.5. The van der Waals surface area contributed by atoms with E-state index in [9.17, 15) is 17.9 Å². The largest absolute Gasteiger partial charge is 0.457 e. The molecule has 0 radical (unpaired) electrons. The minimum Gasteiger partial charge on any atom is -0.457 e. The van der Waals surface area contributed by atoms with Crippen LogP contribution in [0, 0.1) is 5.82 Å². The molecule has 0 bridgehead atoms. The fourth-order valence-electron chi connectivity index (χ4n) is 1.91. The van der Waals surface area contributed by atoms with Gasteiger partial charge in [-0.15, -0.1) is 0 Å². The number of hydrogen-bond donors (Lipinski definition) is 1. The second kappa shape index (κ2) is 5.83. The van der Waals surface area contributed by atoms with Crippen molar-refractivity contribution in [1.29, 1.82) is 0 Å². The molecule has 0 aliphatic rings. The lowest BCUT2D eigenvalue weighted by molar-refractivity contribution is 0.190. The van der Waals surface area contributed by atoms with Gasteiger partial charge in [-0.1, -0.05) is 12.1 Å². The van der Waals surface area contributed by atoms with Crippen LogP contribution in [0.3, 0.4) is 0 Å². The molecule has 0 amide bonds. The Morgan fingerprint density at radius 3 is 2.48 bits per heavy atom. The van der Waals surface area contributed by atoms with Gasteiger partial charge in [-0.3, -0.25) is 0 Å². The third-order valence-corrected chi connectivity index (χ3v) is 4.00. The molecule has 1 N–H and O–H groups in total. The number of rotatable bonds is 4. The van der Waals surface area contributed by atoms with E-state index in [2.05, 4.69) is 0 Å². The van der Waals surface area contributed by atoms with Gasteiger partial charge in [0.15, 0.2) is 9.84 Å². The summed E-state index contributed by atoms with van der Waals surface area (Å²) in [6, 6.07) is 10.1. The van der Waals surface area contributed by atoms with Gasteiger partial charge in [-0.25, -0.2) is 12.8 Å². The van der Waals surface area contributed by atoms with Crippen molar-refractivity contribution < 1.29 is 22.7 Å². The predicted molar refractivity (Wildman–Crippen MR) is 76.7 cm³/mol. The molecule has 0 heterocycles. The van der Waals surface area contributed by atoms with E-state index in [1.165, 1.54) is 43.3 Å². The fraction of sp³-hybridized carbons (Fsp3) is 0.200. The van der Waals surface area contributed by atoms with Crippen molar-refractivity contribution in [3.05, 3.63) is 53.8 Å². The van der Waals surface area contributed by atoms with Crippen LogP contribution in [-0.2, 0) is 9.84 Å². The number of sulfone groups is 1. The molecule has 4 nitrogen and oxygen atoms in total. The average molecular weight is 310 g/mol. The molecule has 1 atom stereocenters. The maximum Gasteiger partial charge on any atom is 0.175 e. The number of halogens is 1. The van der Waals surface area contributed by atoms with Crippen molar-refractivity contribution in [3.8, 4) is 11.5 Å². The zero-order valence-electron chi connectivity index (χ0n) is 11.6. The van der Waals surface area contributed by atoms with Crippen LogP contribution in [0.25, 0.3) is 0 Å². The van der Waals surface area contributed by atoms with Gasteiger partial charge in [-0.2, -0.15) is 0 Å².